The summed E-state index contributed by atoms with van der Waals surface area (Å²) in [5.74, 6) is 0.206. The molecule has 0 bridgehead atoms. The van der Waals surface area contributed by atoms with Gasteiger partial charge in [-0.3, -0.25) is 0 Å². The summed E-state index contributed by atoms with van der Waals surface area (Å²) in [5.41, 5.74) is 0.0183. The van der Waals surface area contributed by atoms with E-state index < -0.39 is 0 Å². The second-order valence-corrected chi connectivity index (χ2v) is 8.09. The Morgan fingerprint density at radius 1 is 1.00 bits per heavy atom. The monoisotopic (exact) mass is 338 g/mol. The highest BCUT2D eigenvalue weighted by molar-refractivity contribution is 5.74. The standard InChI is InChI=1S/C19H34N2O3/c22-14-15-7-3-1-4-8-17(15)21-18(23)20-16-9-12-24-19(13-16)10-5-2-6-11-19/h15-17,22H,1-14H2,(H2,20,21,23). The van der Waals surface area contributed by atoms with Gasteiger partial charge < -0.3 is 20.5 Å². The fraction of sp³-hybridized carbons (Fsp3) is 0.947. The number of urea groups is 1. The van der Waals surface area contributed by atoms with Gasteiger partial charge in [0.2, 0.25) is 0 Å². The minimum atomic E-state index is -0.0572. The molecule has 2 amide bonds. The number of aliphatic hydroxyl groups excluding tert-OH is 1. The maximum absolute atomic E-state index is 12.5. The van der Waals surface area contributed by atoms with Crippen LogP contribution in [0.5, 0.6) is 0 Å². The van der Waals surface area contributed by atoms with Gasteiger partial charge in [-0.25, -0.2) is 4.79 Å². The van der Waals surface area contributed by atoms with Crippen molar-refractivity contribution >= 4 is 6.03 Å². The van der Waals surface area contributed by atoms with Crippen molar-refractivity contribution in [3.05, 3.63) is 0 Å². The molecule has 1 spiro atoms. The maximum atomic E-state index is 12.5. The van der Waals surface area contributed by atoms with Crippen molar-refractivity contribution in [2.24, 2.45) is 5.92 Å². The molecule has 5 heteroatoms. The first kappa shape index (κ1) is 18.0. The second kappa shape index (κ2) is 8.52. The van der Waals surface area contributed by atoms with Crippen LogP contribution in [0.25, 0.3) is 0 Å². The van der Waals surface area contributed by atoms with E-state index in [4.69, 9.17) is 4.74 Å². The van der Waals surface area contributed by atoms with Crippen LogP contribution in [0.3, 0.4) is 0 Å². The number of carbonyl (C=O) groups excluding carboxylic acids is 1. The van der Waals surface area contributed by atoms with Gasteiger partial charge in [0, 0.05) is 31.2 Å². The fourth-order valence-corrected chi connectivity index (χ4v) is 4.88. The van der Waals surface area contributed by atoms with Crippen molar-refractivity contribution in [2.75, 3.05) is 13.2 Å². The Morgan fingerprint density at radius 2 is 1.75 bits per heavy atom. The van der Waals surface area contributed by atoms with Gasteiger partial charge in [-0.2, -0.15) is 0 Å². The van der Waals surface area contributed by atoms with Gasteiger partial charge in [0.25, 0.3) is 0 Å². The maximum Gasteiger partial charge on any atom is 0.315 e. The molecule has 5 nitrogen and oxygen atoms in total. The van der Waals surface area contributed by atoms with Crippen molar-refractivity contribution in [1.29, 1.82) is 0 Å². The summed E-state index contributed by atoms with van der Waals surface area (Å²) in [5, 5.41) is 15.9. The van der Waals surface area contributed by atoms with Crippen molar-refractivity contribution in [1.82, 2.24) is 10.6 Å². The van der Waals surface area contributed by atoms with Crippen LogP contribution >= 0.6 is 0 Å². The Balaban J connectivity index is 1.50. The summed E-state index contributed by atoms with van der Waals surface area (Å²) in [4.78, 5) is 12.5. The lowest BCUT2D eigenvalue weighted by atomic mass is 9.78. The minimum absolute atomic E-state index is 0.0183. The first-order chi connectivity index (χ1) is 11.7. The molecule has 3 unspecified atom stereocenters. The van der Waals surface area contributed by atoms with E-state index in [-0.39, 0.29) is 36.2 Å². The Labute approximate surface area is 145 Å². The third kappa shape index (κ3) is 4.63. The molecular weight excluding hydrogens is 304 g/mol. The lowest BCUT2D eigenvalue weighted by molar-refractivity contribution is -0.107. The van der Waals surface area contributed by atoms with E-state index in [1.165, 1.54) is 25.7 Å². The van der Waals surface area contributed by atoms with Gasteiger partial charge in [0.05, 0.1) is 5.60 Å². The van der Waals surface area contributed by atoms with E-state index in [2.05, 4.69) is 10.6 Å². The van der Waals surface area contributed by atoms with Crippen LogP contribution in [0.1, 0.15) is 77.0 Å². The van der Waals surface area contributed by atoms with Crippen molar-refractivity contribution in [3.63, 3.8) is 0 Å². The third-order valence-corrected chi connectivity index (χ3v) is 6.30. The molecule has 138 valence electrons. The molecule has 1 heterocycles. The smallest absolute Gasteiger partial charge is 0.315 e. The molecule has 3 aliphatic rings. The Morgan fingerprint density at radius 3 is 2.54 bits per heavy atom. The van der Waals surface area contributed by atoms with E-state index >= 15 is 0 Å². The van der Waals surface area contributed by atoms with Crippen LogP contribution < -0.4 is 10.6 Å². The van der Waals surface area contributed by atoms with Crippen molar-refractivity contribution in [3.8, 4) is 0 Å². The summed E-state index contributed by atoms with van der Waals surface area (Å²) < 4.78 is 6.11. The average molecular weight is 338 g/mol. The van der Waals surface area contributed by atoms with E-state index in [1.807, 2.05) is 0 Å². The summed E-state index contributed by atoms with van der Waals surface area (Å²) >= 11 is 0. The molecule has 0 aromatic heterocycles. The summed E-state index contributed by atoms with van der Waals surface area (Å²) in [7, 11) is 0. The van der Waals surface area contributed by atoms with E-state index in [0.29, 0.717) is 0 Å². The number of rotatable bonds is 3. The quantitative estimate of drug-likeness (QED) is 0.693. The average Bonchev–Trinajstić information content (AvgIpc) is 2.80. The zero-order valence-electron chi connectivity index (χ0n) is 14.9. The predicted molar refractivity (Wildman–Crippen MR) is 93.9 cm³/mol. The van der Waals surface area contributed by atoms with Crippen LogP contribution in [-0.4, -0.2) is 42.0 Å². The topological polar surface area (TPSA) is 70.6 Å². The highest BCUT2D eigenvalue weighted by atomic mass is 16.5. The lowest BCUT2D eigenvalue weighted by Gasteiger charge is -2.43. The van der Waals surface area contributed by atoms with Gasteiger partial charge in [-0.15, -0.1) is 0 Å². The van der Waals surface area contributed by atoms with E-state index in [1.54, 1.807) is 0 Å². The Kier molecular flexibility index (Phi) is 6.39. The number of hydrogen-bond acceptors (Lipinski definition) is 3. The van der Waals surface area contributed by atoms with Crippen LogP contribution in [0, 0.1) is 5.92 Å². The molecule has 3 rings (SSSR count). The molecule has 2 aliphatic carbocycles. The number of amides is 2. The van der Waals surface area contributed by atoms with Crippen LogP contribution in [-0.2, 0) is 4.74 Å². The normalized spacial score (nSPS) is 33.6. The van der Waals surface area contributed by atoms with Gasteiger partial charge in [-0.05, 0) is 38.5 Å². The first-order valence-corrected chi connectivity index (χ1v) is 10.0. The number of aliphatic hydroxyl groups is 1. The molecule has 0 aromatic rings. The Hall–Kier alpha value is -0.810. The largest absolute Gasteiger partial charge is 0.396 e. The molecule has 24 heavy (non-hydrogen) atoms. The zero-order chi connectivity index (χ0) is 16.8. The second-order valence-electron chi connectivity index (χ2n) is 8.09. The van der Waals surface area contributed by atoms with Crippen molar-refractivity contribution < 1.29 is 14.6 Å². The van der Waals surface area contributed by atoms with Crippen LogP contribution in [0.2, 0.25) is 0 Å². The number of nitrogens with one attached hydrogen (secondary N) is 2. The van der Waals surface area contributed by atoms with Crippen LogP contribution in [0.15, 0.2) is 0 Å². The molecule has 1 saturated heterocycles. The minimum Gasteiger partial charge on any atom is -0.396 e. The first-order valence-electron chi connectivity index (χ1n) is 10.0. The number of hydrogen-bond donors (Lipinski definition) is 3. The van der Waals surface area contributed by atoms with Crippen molar-refractivity contribution in [2.45, 2.75) is 94.7 Å². The van der Waals surface area contributed by atoms with E-state index in [0.717, 1.165) is 58.0 Å². The lowest BCUT2D eigenvalue weighted by Crippen LogP contribution is -2.53. The summed E-state index contributed by atoms with van der Waals surface area (Å²) in [6.07, 6.45) is 13.5. The molecule has 3 atom stereocenters. The highest BCUT2D eigenvalue weighted by Gasteiger charge is 2.39. The van der Waals surface area contributed by atoms with E-state index in [9.17, 15) is 9.90 Å². The zero-order valence-corrected chi connectivity index (χ0v) is 14.9. The predicted octanol–water partition coefficient (Wildman–Crippen LogP) is 3.11. The molecule has 3 fully saturated rings. The highest BCUT2D eigenvalue weighted by Crippen LogP contribution is 2.38. The van der Waals surface area contributed by atoms with Gasteiger partial charge in [0.15, 0.2) is 0 Å². The molecule has 0 aromatic carbocycles. The Bertz CT molecular complexity index is 404. The number of carbonyl (C=O) groups is 1. The molecule has 3 N–H and O–H groups in total. The number of ether oxygens (including phenoxy) is 1. The third-order valence-electron chi connectivity index (χ3n) is 6.30. The summed E-state index contributed by atoms with van der Waals surface area (Å²) in [6, 6.07) is 0.273. The molecule has 1 aliphatic heterocycles. The van der Waals surface area contributed by atoms with Crippen LogP contribution in [0.4, 0.5) is 4.79 Å². The molecular formula is C19H34N2O3. The SMILES string of the molecule is O=C(NC1CCOC2(CCCCC2)C1)NC1CCCCCC1CO. The summed E-state index contributed by atoms with van der Waals surface area (Å²) in [6.45, 7) is 0.930. The van der Waals surface area contributed by atoms with Gasteiger partial charge in [-0.1, -0.05) is 38.5 Å². The molecule has 2 saturated carbocycles. The van der Waals surface area contributed by atoms with Gasteiger partial charge >= 0.3 is 6.03 Å². The molecule has 0 radical (unpaired) electrons. The van der Waals surface area contributed by atoms with Gasteiger partial charge in [0.1, 0.15) is 0 Å². The fourth-order valence-electron chi connectivity index (χ4n) is 4.88.